The predicted octanol–water partition coefficient (Wildman–Crippen LogP) is 3.17. The summed E-state index contributed by atoms with van der Waals surface area (Å²) in [6.07, 6.45) is 3.46. The lowest BCUT2D eigenvalue weighted by molar-refractivity contribution is 0.336. The second-order valence-electron chi connectivity index (χ2n) is 5.24. The Morgan fingerprint density at radius 2 is 2.14 bits per heavy atom. The van der Waals surface area contributed by atoms with Crippen LogP contribution < -0.4 is 15.8 Å². The molecule has 2 aromatic rings. The quantitative estimate of drug-likeness (QED) is 0.885. The molecular weight excluding hydrogens is 262 g/mol. The first-order valence-electron chi connectivity index (χ1n) is 7.51. The summed E-state index contributed by atoms with van der Waals surface area (Å²) in [5, 5.41) is 3.36. The van der Waals surface area contributed by atoms with Gasteiger partial charge in [-0.15, -0.1) is 0 Å². The molecule has 0 unspecified atom stereocenters. The Hall–Kier alpha value is -2.07. The summed E-state index contributed by atoms with van der Waals surface area (Å²) in [4.78, 5) is 4.69. The van der Waals surface area contributed by atoms with Crippen LogP contribution in [0.2, 0.25) is 0 Å². The Bertz CT molecular complexity index is 640. The minimum absolute atomic E-state index is 0.461. The van der Waals surface area contributed by atoms with E-state index < -0.39 is 0 Å². The van der Waals surface area contributed by atoms with E-state index in [2.05, 4.69) is 16.4 Å². The van der Waals surface area contributed by atoms with Gasteiger partial charge in [0.25, 0.3) is 0 Å². The highest BCUT2D eigenvalue weighted by Gasteiger charge is 2.12. The van der Waals surface area contributed by atoms with E-state index in [1.165, 1.54) is 17.7 Å². The van der Waals surface area contributed by atoms with Crippen molar-refractivity contribution in [1.29, 1.82) is 0 Å². The Morgan fingerprint density at radius 3 is 2.95 bits per heavy atom. The van der Waals surface area contributed by atoms with Crippen LogP contribution in [0.15, 0.2) is 30.3 Å². The first kappa shape index (κ1) is 13.9. The molecule has 1 aromatic carbocycles. The number of benzene rings is 1. The lowest BCUT2D eigenvalue weighted by atomic mass is 10.1. The zero-order valence-electron chi connectivity index (χ0n) is 12.4. The third kappa shape index (κ3) is 3.00. The molecule has 1 aliphatic rings. The van der Waals surface area contributed by atoms with Crippen molar-refractivity contribution in [2.24, 2.45) is 5.73 Å². The average Bonchev–Trinajstić information content (AvgIpc) is 2.96. The average molecular weight is 283 g/mol. The van der Waals surface area contributed by atoms with Crippen LogP contribution in [0, 0.1) is 0 Å². The number of nitrogens with two attached hydrogens (primary N) is 1. The Kier molecular flexibility index (Phi) is 4.06. The van der Waals surface area contributed by atoms with Crippen LogP contribution in [0.1, 0.15) is 30.2 Å². The molecule has 1 aliphatic carbocycles. The number of nitrogens with zero attached hydrogens (tertiary/aromatic N) is 1. The number of aromatic nitrogens is 1. The van der Waals surface area contributed by atoms with Gasteiger partial charge in [0, 0.05) is 23.5 Å². The van der Waals surface area contributed by atoms with Crippen molar-refractivity contribution in [1.82, 2.24) is 4.98 Å². The topological polar surface area (TPSA) is 60.2 Å². The van der Waals surface area contributed by atoms with Crippen LogP contribution in [-0.2, 0) is 19.4 Å². The van der Waals surface area contributed by atoms with Crippen LogP contribution in [0.3, 0.4) is 0 Å². The van der Waals surface area contributed by atoms with E-state index >= 15 is 0 Å². The fourth-order valence-corrected chi connectivity index (χ4v) is 2.75. The zero-order valence-corrected chi connectivity index (χ0v) is 12.4. The van der Waals surface area contributed by atoms with Crippen LogP contribution >= 0.6 is 0 Å². The van der Waals surface area contributed by atoms with Gasteiger partial charge in [0.2, 0.25) is 0 Å². The molecule has 0 amide bonds. The lowest BCUT2D eigenvalue weighted by Gasteiger charge is -2.12. The molecule has 1 aromatic heterocycles. The van der Waals surface area contributed by atoms with Crippen molar-refractivity contribution >= 4 is 11.5 Å². The second-order valence-corrected chi connectivity index (χ2v) is 5.24. The van der Waals surface area contributed by atoms with E-state index in [1.807, 2.05) is 31.2 Å². The normalized spacial score (nSPS) is 13.0. The SMILES string of the molecule is CCOc1ccc(Nc2ccc3c(n2)CCC3)cc1CN. The molecule has 3 rings (SSSR count). The zero-order chi connectivity index (χ0) is 14.7. The maximum Gasteiger partial charge on any atom is 0.130 e. The summed E-state index contributed by atoms with van der Waals surface area (Å²) in [7, 11) is 0. The molecule has 0 radical (unpaired) electrons. The summed E-state index contributed by atoms with van der Waals surface area (Å²) in [6.45, 7) is 3.08. The fourth-order valence-electron chi connectivity index (χ4n) is 2.75. The third-order valence-corrected chi connectivity index (χ3v) is 3.78. The summed E-state index contributed by atoms with van der Waals surface area (Å²) < 4.78 is 5.57. The van der Waals surface area contributed by atoms with Crippen LogP contribution in [0.5, 0.6) is 5.75 Å². The number of hydrogen-bond donors (Lipinski definition) is 2. The molecule has 4 heteroatoms. The number of nitrogens with one attached hydrogen (secondary N) is 1. The van der Waals surface area contributed by atoms with Gasteiger partial charge in [-0.25, -0.2) is 4.98 Å². The van der Waals surface area contributed by atoms with Gasteiger partial charge in [-0.1, -0.05) is 6.07 Å². The number of aryl methyl sites for hydroxylation is 2. The summed E-state index contributed by atoms with van der Waals surface area (Å²) >= 11 is 0. The van der Waals surface area contributed by atoms with Crippen molar-refractivity contribution in [3.8, 4) is 5.75 Å². The number of anilines is 2. The molecule has 4 nitrogen and oxygen atoms in total. The number of hydrogen-bond acceptors (Lipinski definition) is 4. The number of ether oxygens (including phenoxy) is 1. The van der Waals surface area contributed by atoms with Crippen LogP contribution in [0.4, 0.5) is 11.5 Å². The van der Waals surface area contributed by atoms with Gasteiger partial charge < -0.3 is 15.8 Å². The number of fused-ring (bicyclic) bond motifs is 1. The standard InChI is InChI=1S/C17H21N3O/c1-2-21-16-8-7-14(10-13(16)11-18)19-17-9-6-12-4-3-5-15(12)20-17/h6-10H,2-5,11,18H2,1H3,(H,19,20). The van der Waals surface area contributed by atoms with Crippen molar-refractivity contribution in [3.63, 3.8) is 0 Å². The molecule has 1 heterocycles. The van der Waals surface area contributed by atoms with E-state index in [0.29, 0.717) is 13.2 Å². The highest BCUT2D eigenvalue weighted by Crippen LogP contribution is 2.26. The van der Waals surface area contributed by atoms with Crippen molar-refractivity contribution < 1.29 is 4.74 Å². The first-order valence-corrected chi connectivity index (χ1v) is 7.51. The first-order chi connectivity index (χ1) is 10.3. The van der Waals surface area contributed by atoms with Gasteiger partial charge in [0.05, 0.1) is 6.61 Å². The van der Waals surface area contributed by atoms with Gasteiger partial charge in [-0.3, -0.25) is 0 Å². The van der Waals surface area contributed by atoms with E-state index in [1.54, 1.807) is 0 Å². The molecule has 21 heavy (non-hydrogen) atoms. The van der Waals surface area contributed by atoms with Gasteiger partial charge in [0.1, 0.15) is 11.6 Å². The number of rotatable bonds is 5. The number of pyridine rings is 1. The summed E-state index contributed by atoms with van der Waals surface area (Å²) in [5.41, 5.74) is 10.4. The minimum Gasteiger partial charge on any atom is -0.494 e. The van der Waals surface area contributed by atoms with Crippen molar-refractivity contribution in [2.75, 3.05) is 11.9 Å². The Morgan fingerprint density at radius 1 is 1.24 bits per heavy atom. The monoisotopic (exact) mass is 283 g/mol. The second kappa shape index (κ2) is 6.14. The molecule has 110 valence electrons. The predicted molar refractivity (Wildman–Crippen MR) is 85.0 cm³/mol. The molecule has 3 N–H and O–H groups in total. The van der Waals surface area contributed by atoms with Crippen molar-refractivity contribution in [2.45, 2.75) is 32.7 Å². The Balaban J connectivity index is 1.81. The molecule has 0 spiro atoms. The highest BCUT2D eigenvalue weighted by atomic mass is 16.5. The van der Waals surface area contributed by atoms with Gasteiger partial charge in [-0.2, -0.15) is 0 Å². The maximum absolute atomic E-state index is 5.79. The highest BCUT2D eigenvalue weighted by molar-refractivity contribution is 5.60. The molecule has 0 saturated heterocycles. The largest absolute Gasteiger partial charge is 0.494 e. The van der Waals surface area contributed by atoms with Crippen molar-refractivity contribution in [3.05, 3.63) is 47.2 Å². The smallest absolute Gasteiger partial charge is 0.130 e. The van der Waals surface area contributed by atoms with E-state index in [0.717, 1.165) is 35.7 Å². The summed E-state index contributed by atoms with van der Waals surface area (Å²) in [5.74, 6) is 1.75. The molecule has 0 bridgehead atoms. The fraction of sp³-hybridized carbons (Fsp3) is 0.353. The minimum atomic E-state index is 0.461. The van der Waals surface area contributed by atoms with Crippen LogP contribution in [-0.4, -0.2) is 11.6 Å². The summed E-state index contributed by atoms with van der Waals surface area (Å²) in [6, 6.07) is 10.2. The third-order valence-electron chi connectivity index (χ3n) is 3.78. The molecule has 0 atom stereocenters. The van der Waals surface area contributed by atoms with E-state index in [4.69, 9.17) is 10.5 Å². The van der Waals surface area contributed by atoms with E-state index in [-0.39, 0.29) is 0 Å². The van der Waals surface area contributed by atoms with Crippen LogP contribution in [0.25, 0.3) is 0 Å². The molecule has 0 saturated carbocycles. The van der Waals surface area contributed by atoms with E-state index in [9.17, 15) is 0 Å². The van der Waals surface area contributed by atoms with Gasteiger partial charge >= 0.3 is 0 Å². The molecular formula is C17H21N3O. The molecule has 0 aliphatic heterocycles. The lowest BCUT2D eigenvalue weighted by Crippen LogP contribution is -2.03. The van der Waals surface area contributed by atoms with Gasteiger partial charge in [-0.05, 0) is 56.0 Å². The maximum atomic E-state index is 5.79. The molecule has 0 fully saturated rings. The Labute approximate surface area is 125 Å². The van der Waals surface area contributed by atoms with Gasteiger partial charge in [0.15, 0.2) is 0 Å².